The number of ether oxygens (including phenoxy) is 3. The van der Waals surface area contributed by atoms with Gasteiger partial charge in [-0.3, -0.25) is 4.79 Å². The molecule has 0 spiro atoms. The number of hydrogen-bond acceptors (Lipinski definition) is 4. The van der Waals surface area contributed by atoms with E-state index in [0.29, 0.717) is 17.9 Å². The van der Waals surface area contributed by atoms with Crippen molar-refractivity contribution in [2.75, 3.05) is 7.11 Å². The third-order valence-corrected chi connectivity index (χ3v) is 4.59. The van der Waals surface area contributed by atoms with Gasteiger partial charge in [-0.25, -0.2) is 0 Å². The fourth-order valence-corrected chi connectivity index (χ4v) is 3.13. The minimum Gasteiger partial charge on any atom is -0.496 e. The Balaban J connectivity index is 1.50. The van der Waals surface area contributed by atoms with Crippen molar-refractivity contribution in [3.63, 3.8) is 0 Å². The van der Waals surface area contributed by atoms with Crippen LogP contribution in [0.15, 0.2) is 78.9 Å². The van der Waals surface area contributed by atoms with E-state index in [9.17, 15) is 4.79 Å². The lowest BCUT2D eigenvalue weighted by Crippen LogP contribution is -2.11. The summed E-state index contributed by atoms with van der Waals surface area (Å²) in [6.07, 6.45) is -0.793. The molecule has 2 atom stereocenters. The van der Waals surface area contributed by atoms with E-state index < -0.39 is 6.10 Å². The largest absolute Gasteiger partial charge is 0.496 e. The van der Waals surface area contributed by atoms with Gasteiger partial charge in [-0.15, -0.1) is 0 Å². The van der Waals surface area contributed by atoms with Gasteiger partial charge in [0.15, 0.2) is 11.9 Å². The Morgan fingerprint density at radius 3 is 2.33 bits per heavy atom. The molecule has 0 N–H and O–H groups in total. The normalized spacial score (nSPS) is 18.0. The van der Waals surface area contributed by atoms with Crippen molar-refractivity contribution >= 4 is 5.78 Å². The number of Topliss-reactive ketones (excluding diaryl/α,β-unsaturated/α-hetero) is 1. The molecule has 27 heavy (non-hydrogen) atoms. The van der Waals surface area contributed by atoms with E-state index in [0.717, 1.165) is 16.9 Å². The molecule has 4 nitrogen and oxygen atoms in total. The second-order valence-corrected chi connectivity index (χ2v) is 6.35. The summed E-state index contributed by atoms with van der Waals surface area (Å²) in [5.41, 5.74) is 2.48. The van der Waals surface area contributed by atoms with Crippen molar-refractivity contribution in [1.82, 2.24) is 0 Å². The molecule has 3 aromatic rings. The van der Waals surface area contributed by atoms with Gasteiger partial charge < -0.3 is 14.2 Å². The molecule has 136 valence electrons. The summed E-state index contributed by atoms with van der Waals surface area (Å²) in [6, 6.07) is 24.8. The van der Waals surface area contributed by atoms with Crippen LogP contribution in [0.3, 0.4) is 0 Å². The summed E-state index contributed by atoms with van der Waals surface area (Å²) in [6.45, 7) is 0.409. The molecule has 4 heteroatoms. The minimum absolute atomic E-state index is 0.0745. The molecule has 1 aliphatic rings. The summed E-state index contributed by atoms with van der Waals surface area (Å²) in [7, 11) is 1.62. The van der Waals surface area contributed by atoms with E-state index in [2.05, 4.69) is 0 Å². The number of para-hydroxylation sites is 2. The topological polar surface area (TPSA) is 48.1 Å². The maximum Gasteiger partial charge on any atom is 0.198 e. The summed E-state index contributed by atoms with van der Waals surface area (Å²) in [4.78, 5) is 13.0. The molecule has 0 aromatic heterocycles. The van der Waals surface area contributed by atoms with E-state index >= 15 is 0 Å². The first-order chi connectivity index (χ1) is 13.3. The van der Waals surface area contributed by atoms with Crippen LogP contribution in [0.2, 0.25) is 0 Å². The molecule has 3 aromatic carbocycles. The van der Waals surface area contributed by atoms with Gasteiger partial charge in [0.1, 0.15) is 24.2 Å². The smallest absolute Gasteiger partial charge is 0.198 e. The molecule has 0 unspecified atom stereocenters. The van der Waals surface area contributed by atoms with Crippen molar-refractivity contribution in [2.45, 2.75) is 18.8 Å². The van der Waals surface area contributed by atoms with Gasteiger partial charge in [-0.1, -0.05) is 60.7 Å². The third kappa shape index (κ3) is 3.71. The Bertz CT molecular complexity index is 936. The second-order valence-electron chi connectivity index (χ2n) is 6.35. The predicted molar refractivity (Wildman–Crippen MR) is 102 cm³/mol. The highest BCUT2D eigenvalue weighted by atomic mass is 16.6. The Labute approximate surface area is 158 Å². The first-order valence-corrected chi connectivity index (χ1v) is 8.86. The summed E-state index contributed by atoms with van der Waals surface area (Å²) in [5.74, 6) is 1.22. The quantitative estimate of drug-likeness (QED) is 0.456. The number of methoxy groups -OCH3 is 1. The summed E-state index contributed by atoms with van der Waals surface area (Å²) < 4.78 is 17.0. The number of carbonyl (C=O) groups excluding carboxylic acids is 1. The average Bonchev–Trinajstić information content (AvgIpc) is 3.53. The molecule has 0 radical (unpaired) electrons. The number of hydrogen-bond donors (Lipinski definition) is 0. The van der Waals surface area contributed by atoms with E-state index in [1.807, 2.05) is 72.8 Å². The van der Waals surface area contributed by atoms with Crippen LogP contribution in [0.5, 0.6) is 11.5 Å². The van der Waals surface area contributed by atoms with Crippen molar-refractivity contribution in [2.24, 2.45) is 0 Å². The molecule has 1 aliphatic heterocycles. The number of epoxide rings is 1. The summed E-state index contributed by atoms with van der Waals surface area (Å²) >= 11 is 0. The minimum atomic E-state index is -0.511. The van der Waals surface area contributed by atoms with Gasteiger partial charge in [0, 0.05) is 5.56 Å². The van der Waals surface area contributed by atoms with Gasteiger partial charge in [0.05, 0.1) is 12.7 Å². The molecule has 1 saturated heterocycles. The van der Waals surface area contributed by atoms with Crippen molar-refractivity contribution in [3.05, 3.63) is 95.6 Å². The maximum absolute atomic E-state index is 13.0. The Kier molecular flexibility index (Phi) is 4.90. The molecule has 0 amide bonds. The van der Waals surface area contributed by atoms with Gasteiger partial charge in [-0.2, -0.15) is 0 Å². The first-order valence-electron chi connectivity index (χ1n) is 8.86. The lowest BCUT2D eigenvalue weighted by Gasteiger charge is -2.10. The van der Waals surface area contributed by atoms with Crippen molar-refractivity contribution in [3.8, 4) is 11.5 Å². The van der Waals surface area contributed by atoms with Crippen LogP contribution >= 0.6 is 0 Å². The maximum atomic E-state index is 13.0. The zero-order chi connectivity index (χ0) is 18.6. The number of rotatable bonds is 7. The van der Waals surface area contributed by atoms with Gasteiger partial charge in [-0.05, 0) is 23.8 Å². The Morgan fingerprint density at radius 2 is 1.56 bits per heavy atom. The van der Waals surface area contributed by atoms with Gasteiger partial charge in [0.2, 0.25) is 0 Å². The predicted octanol–water partition coefficient (Wildman–Crippen LogP) is 4.60. The van der Waals surface area contributed by atoms with Crippen LogP contribution in [0, 0.1) is 0 Å². The highest BCUT2D eigenvalue weighted by Crippen LogP contribution is 2.45. The van der Waals surface area contributed by atoms with Gasteiger partial charge >= 0.3 is 0 Å². The standard InChI is InChI=1S/C23H20O4/c1-25-19-13-7-6-12-18(19)22-23(27-22)21(24)17-11-5-8-14-20(17)26-15-16-9-3-2-4-10-16/h2-14,22-23H,15H2,1H3/t22-,23+/m0/s1. The van der Waals surface area contributed by atoms with Gasteiger partial charge in [0.25, 0.3) is 0 Å². The van der Waals surface area contributed by atoms with Crippen LogP contribution in [-0.4, -0.2) is 19.0 Å². The van der Waals surface area contributed by atoms with Crippen molar-refractivity contribution < 1.29 is 19.0 Å². The second kappa shape index (κ2) is 7.64. The molecule has 4 rings (SSSR count). The van der Waals surface area contributed by atoms with E-state index in [4.69, 9.17) is 14.2 Å². The Morgan fingerprint density at radius 1 is 0.889 bits per heavy atom. The molecule has 1 heterocycles. The monoisotopic (exact) mass is 360 g/mol. The molecular formula is C23H20O4. The van der Waals surface area contributed by atoms with Crippen LogP contribution in [0.25, 0.3) is 0 Å². The van der Waals surface area contributed by atoms with Crippen LogP contribution < -0.4 is 9.47 Å². The molecular weight excluding hydrogens is 340 g/mol. The SMILES string of the molecule is COc1ccccc1[C@@H]1O[C@@H]1C(=O)c1ccccc1OCc1ccccc1. The van der Waals surface area contributed by atoms with E-state index in [1.54, 1.807) is 13.2 Å². The highest BCUT2D eigenvalue weighted by molar-refractivity contribution is 6.03. The average molecular weight is 360 g/mol. The molecule has 0 bridgehead atoms. The van der Waals surface area contributed by atoms with Crippen molar-refractivity contribution in [1.29, 1.82) is 0 Å². The first kappa shape index (κ1) is 17.3. The fourth-order valence-electron chi connectivity index (χ4n) is 3.13. The van der Waals surface area contributed by atoms with Crippen LogP contribution in [0.1, 0.15) is 27.6 Å². The highest BCUT2D eigenvalue weighted by Gasteiger charge is 2.48. The number of carbonyl (C=O) groups is 1. The lowest BCUT2D eigenvalue weighted by molar-refractivity contribution is 0.0949. The zero-order valence-electron chi connectivity index (χ0n) is 15.0. The number of ketones is 1. The van der Waals surface area contributed by atoms with E-state index in [-0.39, 0.29) is 11.9 Å². The third-order valence-electron chi connectivity index (χ3n) is 4.59. The fraction of sp³-hybridized carbons (Fsp3) is 0.174. The molecule has 0 saturated carbocycles. The molecule has 0 aliphatic carbocycles. The van der Waals surface area contributed by atoms with Crippen LogP contribution in [-0.2, 0) is 11.3 Å². The Hall–Kier alpha value is -3.11. The van der Waals surface area contributed by atoms with E-state index in [1.165, 1.54) is 0 Å². The number of benzene rings is 3. The zero-order valence-corrected chi connectivity index (χ0v) is 15.0. The summed E-state index contributed by atoms with van der Waals surface area (Å²) in [5, 5.41) is 0. The van der Waals surface area contributed by atoms with Crippen LogP contribution in [0.4, 0.5) is 0 Å². The lowest BCUT2D eigenvalue weighted by atomic mass is 10.0. The molecule has 1 fully saturated rings.